The number of anilines is 1. The Kier molecular flexibility index (Phi) is 5.65. The molecule has 2 rings (SSSR count). The second-order valence-electron chi connectivity index (χ2n) is 4.76. The van der Waals surface area contributed by atoms with E-state index in [9.17, 15) is 0 Å². The van der Waals surface area contributed by atoms with E-state index in [4.69, 9.17) is 4.74 Å². The Balaban J connectivity index is 2.13. The normalized spacial score (nSPS) is 10.5. The highest BCUT2D eigenvalue weighted by atomic mass is 79.9. The lowest BCUT2D eigenvalue weighted by Gasteiger charge is -2.13. The van der Waals surface area contributed by atoms with Crippen molar-refractivity contribution >= 4 is 37.5 Å². The van der Waals surface area contributed by atoms with Gasteiger partial charge in [-0.3, -0.25) is 4.98 Å². The van der Waals surface area contributed by atoms with E-state index in [2.05, 4.69) is 60.4 Å². The molecule has 0 amide bonds. The molecule has 1 aromatic heterocycles. The third-order valence-electron chi connectivity index (χ3n) is 3.05. The van der Waals surface area contributed by atoms with E-state index in [1.54, 1.807) is 0 Å². The van der Waals surface area contributed by atoms with Crippen LogP contribution in [0.3, 0.4) is 0 Å². The van der Waals surface area contributed by atoms with Crippen molar-refractivity contribution in [3.8, 4) is 5.75 Å². The first-order chi connectivity index (χ1) is 10.0. The van der Waals surface area contributed by atoms with Gasteiger partial charge in [-0.2, -0.15) is 0 Å². The highest BCUT2D eigenvalue weighted by Gasteiger charge is 2.09. The molecule has 0 aliphatic carbocycles. The number of hydrogen-bond donors (Lipinski definition) is 1. The summed E-state index contributed by atoms with van der Waals surface area (Å²) in [4.78, 5) is 4.46. The molecule has 0 aliphatic heterocycles. The second-order valence-corrected chi connectivity index (χ2v) is 6.47. The number of aromatic nitrogens is 1. The Hall–Kier alpha value is -1.07. The van der Waals surface area contributed by atoms with Gasteiger partial charge in [-0.1, -0.05) is 0 Å². The first kappa shape index (κ1) is 16.3. The molecule has 0 radical (unpaired) electrons. The van der Waals surface area contributed by atoms with Crippen LogP contribution in [0.4, 0.5) is 5.69 Å². The van der Waals surface area contributed by atoms with Gasteiger partial charge in [0, 0.05) is 12.2 Å². The molecule has 0 atom stereocenters. The van der Waals surface area contributed by atoms with E-state index in [1.165, 1.54) is 0 Å². The third-order valence-corrected chi connectivity index (χ3v) is 4.23. The first-order valence-electron chi connectivity index (χ1n) is 6.80. The number of benzene rings is 1. The van der Waals surface area contributed by atoms with Gasteiger partial charge in [0.25, 0.3) is 0 Å². The Morgan fingerprint density at radius 1 is 1.14 bits per heavy atom. The maximum absolute atomic E-state index is 5.59. The summed E-state index contributed by atoms with van der Waals surface area (Å²) in [5, 5.41) is 3.42. The second kappa shape index (κ2) is 7.27. The summed E-state index contributed by atoms with van der Waals surface area (Å²) in [6.45, 7) is 7.36. The monoisotopic (exact) mass is 412 g/mol. The number of halogens is 2. The molecule has 5 heteroatoms. The van der Waals surface area contributed by atoms with Crippen LogP contribution >= 0.6 is 31.9 Å². The molecule has 1 heterocycles. The Labute approximate surface area is 142 Å². The molecule has 0 saturated heterocycles. The van der Waals surface area contributed by atoms with Gasteiger partial charge in [-0.25, -0.2) is 0 Å². The molecule has 0 aliphatic rings. The van der Waals surface area contributed by atoms with Crippen LogP contribution in [0.5, 0.6) is 5.75 Å². The summed E-state index contributed by atoms with van der Waals surface area (Å²) in [5.74, 6) is 0.842. The van der Waals surface area contributed by atoms with Crippen LogP contribution in [0.2, 0.25) is 0 Å². The van der Waals surface area contributed by atoms with Gasteiger partial charge in [0.1, 0.15) is 5.75 Å². The summed E-state index contributed by atoms with van der Waals surface area (Å²) in [6, 6.07) is 8.22. The van der Waals surface area contributed by atoms with Crippen molar-refractivity contribution in [3.63, 3.8) is 0 Å². The first-order valence-corrected chi connectivity index (χ1v) is 8.38. The zero-order valence-electron chi connectivity index (χ0n) is 12.3. The topological polar surface area (TPSA) is 34.1 Å². The summed E-state index contributed by atoms with van der Waals surface area (Å²) < 4.78 is 7.50. The van der Waals surface area contributed by atoms with Gasteiger partial charge in [0.05, 0.1) is 26.9 Å². The maximum Gasteiger partial charge on any atom is 0.147 e. The average molecular weight is 414 g/mol. The Morgan fingerprint density at radius 3 is 2.38 bits per heavy atom. The number of aryl methyl sites for hydroxylation is 2. The van der Waals surface area contributed by atoms with Gasteiger partial charge >= 0.3 is 0 Å². The number of nitrogens with one attached hydrogen (secondary N) is 1. The van der Waals surface area contributed by atoms with E-state index >= 15 is 0 Å². The van der Waals surface area contributed by atoms with Crippen LogP contribution in [0.25, 0.3) is 0 Å². The van der Waals surface area contributed by atoms with Gasteiger partial charge in [-0.05, 0) is 82.5 Å². The lowest BCUT2D eigenvalue weighted by molar-refractivity contribution is 0.336. The number of pyridine rings is 1. The van der Waals surface area contributed by atoms with Crippen LogP contribution in [0, 0.1) is 13.8 Å². The summed E-state index contributed by atoms with van der Waals surface area (Å²) in [6.07, 6.45) is 0. The average Bonchev–Trinajstić information content (AvgIpc) is 2.42. The van der Waals surface area contributed by atoms with Crippen molar-refractivity contribution in [3.05, 3.63) is 50.2 Å². The molecule has 21 heavy (non-hydrogen) atoms. The molecule has 112 valence electrons. The zero-order valence-corrected chi connectivity index (χ0v) is 15.5. The van der Waals surface area contributed by atoms with Crippen molar-refractivity contribution in [1.82, 2.24) is 4.98 Å². The SMILES string of the molecule is CCOc1c(Br)cc(CNc2ccc(C)nc2C)cc1Br. The molecule has 3 nitrogen and oxygen atoms in total. The fourth-order valence-corrected chi connectivity index (χ4v) is 3.58. The molecule has 1 N–H and O–H groups in total. The predicted molar refractivity (Wildman–Crippen MR) is 94.0 cm³/mol. The van der Waals surface area contributed by atoms with Crippen molar-refractivity contribution in [1.29, 1.82) is 0 Å². The molecule has 1 aromatic carbocycles. The fourth-order valence-electron chi connectivity index (χ4n) is 2.07. The van der Waals surface area contributed by atoms with Crippen LogP contribution in [0.1, 0.15) is 23.9 Å². The van der Waals surface area contributed by atoms with Crippen molar-refractivity contribution in [2.45, 2.75) is 27.3 Å². The van der Waals surface area contributed by atoms with Crippen molar-refractivity contribution in [2.24, 2.45) is 0 Å². The van der Waals surface area contributed by atoms with Crippen molar-refractivity contribution in [2.75, 3.05) is 11.9 Å². The molecule has 0 saturated carbocycles. The summed E-state index contributed by atoms with van der Waals surface area (Å²) >= 11 is 7.11. The molecule has 0 spiro atoms. The highest BCUT2D eigenvalue weighted by Crippen LogP contribution is 2.35. The number of hydrogen-bond acceptors (Lipinski definition) is 3. The van der Waals surface area contributed by atoms with Crippen LogP contribution in [0.15, 0.2) is 33.2 Å². The minimum atomic E-state index is 0.642. The third kappa shape index (κ3) is 4.20. The van der Waals surface area contributed by atoms with E-state index in [1.807, 2.05) is 26.8 Å². The highest BCUT2D eigenvalue weighted by molar-refractivity contribution is 9.11. The molecule has 0 unspecified atom stereocenters. The lowest BCUT2D eigenvalue weighted by Crippen LogP contribution is -2.03. The summed E-state index contributed by atoms with van der Waals surface area (Å²) in [7, 11) is 0. The molecular weight excluding hydrogens is 396 g/mol. The Bertz CT molecular complexity index is 621. The summed E-state index contributed by atoms with van der Waals surface area (Å²) in [5.41, 5.74) is 4.27. The van der Waals surface area contributed by atoms with Gasteiger partial charge in [-0.15, -0.1) is 0 Å². The number of rotatable bonds is 5. The lowest BCUT2D eigenvalue weighted by atomic mass is 10.2. The quantitative estimate of drug-likeness (QED) is 0.728. The number of ether oxygens (including phenoxy) is 1. The minimum Gasteiger partial charge on any atom is -0.492 e. The van der Waals surface area contributed by atoms with Crippen molar-refractivity contribution < 1.29 is 4.74 Å². The zero-order chi connectivity index (χ0) is 15.4. The molecular formula is C16H18Br2N2O. The molecule has 0 bridgehead atoms. The Morgan fingerprint density at radius 2 is 1.81 bits per heavy atom. The van der Waals surface area contributed by atoms with Gasteiger partial charge in [0.15, 0.2) is 0 Å². The van der Waals surface area contributed by atoms with E-state index < -0.39 is 0 Å². The van der Waals surface area contributed by atoms with E-state index in [0.717, 1.165) is 43.9 Å². The number of nitrogens with zero attached hydrogens (tertiary/aromatic N) is 1. The molecule has 2 aromatic rings. The standard InChI is InChI=1S/C16H18Br2N2O/c1-4-21-16-13(17)7-12(8-14(16)18)9-19-15-6-5-10(2)20-11(15)3/h5-8,19H,4,9H2,1-3H3. The van der Waals surface area contributed by atoms with Crippen LogP contribution < -0.4 is 10.1 Å². The smallest absolute Gasteiger partial charge is 0.147 e. The van der Waals surface area contributed by atoms with Crippen LogP contribution in [-0.2, 0) is 6.54 Å². The van der Waals surface area contributed by atoms with Gasteiger partial charge in [0.2, 0.25) is 0 Å². The maximum atomic E-state index is 5.59. The predicted octanol–water partition coefficient (Wildman–Crippen LogP) is 5.23. The van der Waals surface area contributed by atoms with E-state index in [0.29, 0.717) is 6.61 Å². The van der Waals surface area contributed by atoms with Gasteiger partial charge < -0.3 is 10.1 Å². The minimum absolute atomic E-state index is 0.642. The molecule has 0 fully saturated rings. The van der Waals surface area contributed by atoms with Crippen LogP contribution in [-0.4, -0.2) is 11.6 Å². The fraction of sp³-hybridized carbons (Fsp3) is 0.312. The van der Waals surface area contributed by atoms with E-state index in [-0.39, 0.29) is 0 Å². The largest absolute Gasteiger partial charge is 0.492 e.